The van der Waals surface area contributed by atoms with Gasteiger partial charge in [0.2, 0.25) is 10.0 Å². The third kappa shape index (κ3) is 4.04. The van der Waals surface area contributed by atoms with Crippen molar-refractivity contribution in [3.05, 3.63) is 74.6 Å². The number of fused-ring (bicyclic) bond motifs is 1. The van der Waals surface area contributed by atoms with Crippen molar-refractivity contribution in [1.29, 1.82) is 0 Å². The molecule has 1 fully saturated rings. The maximum Gasteiger partial charge on any atom is 0.336 e. The average Bonchev–Trinajstić information content (AvgIpc) is 2.67. The molecule has 0 N–H and O–H groups in total. The summed E-state index contributed by atoms with van der Waals surface area (Å²) in [6, 6.07) is 9.81. The Bertz CT molecular complexity index is 1250. The van der Waals surface area contributed by atoms with Gasteiger partial charge in [0.25, 0.3) is 0 Å². The first-order valence-electron chi connectivity index (χ1n) is 9.14. The van der Waals surface area contributed by atoms with Crippen LogP contribution >= 0.6 is 15.9 Å². The fourth-order valence-electron chi connectivity index (χ4n) is 3.56. The SMILES string of the molecule is O=c1cc(CN2CCN(S(=O)(=O)c3c(F)cccc3F)CC2)c2ccc(Br)cc2o1. The lowest BCUT2D eigenvalue weighted by molar-refractivity contribution is 0.181. The van der Waals surface area contributed by atoms with Gasteiger partial charge < -0.3 is 4.42 Å². The Labute approximate surface area is 179 Å². The van der Waals surface area contributed by atoms with E-state index in [9.17, 15) is 22.0 Å². The van der Waals surface area contributed by atoms with Crippen LogP contribution < -0.4 is 5.63 Å². The predicted molar refractivity (Wildman–Crippen MR) is 111 cm³/mol. The van der Waals surface area contributed by atoms with Crippen LogP contribution in [0, 0.1) is 11.6 Å². The zero-order chi connectivity index (χ0) is 21.5. The Morgan fingerprint density at radius 3 is 2.33 bits per heavy atom. The molecule has 0 radical (unpaired) electrons. The molecular weight excluding hydrogens is 482 g/mol. The van der Waals surface area contributed by atoms with Crippen LogP contribution in [0.25, 0.3) is 11.0 Å². The lowest BCUT2D eigenvalue weighted by atomic mass is 10.1. The van der Waals surface area contributed by atoms with Crippen LogP contribution in [0.1, 0.15) is 5.56 Å². The zero-order valence-electron chi connectivity index (χ0n) is 15.6. The fraction of sp³-hybridized carbons (Fsp3) is 0.250. The standard InChI is InChI=1S/C20H17BrF2N2O4S/c21-14-4-5-15-13(10-19(26)29-18(15)11-14)12-24-6-8-25(9-7-24)30(27,28)20-16(22)2-1-3-17(20)23/h1-5,10-11H,6-9,12H2. The third-order valence-corrected chi connectivity index (χ3v) is 7.48. The first-order valence-corrected chi connectivity index (χ1v) is 11.4. The van der Waals surface area contributed by atoms with E-state index in [0.29, 0.717) is 25.2 Å². The maximum absolute atomic E-state index is 14.0. The summed E-state index contributed by atoms with van der Waals surface area (Å²) in [4.78, 5) is 13.0. The number of nitrogens with zero attached hydrogens (tertiary/aromatic N) is 2. The van der Waals surface area contributed by atoms with Gasteiger partial charge in [0, 0.05) is 48.6 Å². The van der Waals surface area contributed by atoms with E-state index in [1.165, 1.54) is 6.07 Å². The number of piperazine rings is 1. The van der Waals surface area contributed by atoms with Gasteiger partial charge in [-0.25, -0.2) is 22.0 Å². The summed E-state index contributed by atoms with van der Waals surface area (Å²) in [5, 5.41) is 0.793. The van der Waals surface area contributed by atoms with Gasteiger partial charge in [0.15, 0.2) is 4.90 Å². The summed E-state index contributed by atoms with van der Waals surface area (Å²) in [7, 11) is -4.28. The predicted octanol–water partition coefficient (Wildman–Crippen LogP) is 3.34. The molecule has 2 heterocycles. The molecule has 1 aliphatic heterocycles. The molecule has 6 nitrogen and oxygen atoms in total. The second-order valence-electron chi connectivity index (χ2n) is 6.96. The van der Waals surface area contributed by atoms with Crippen LogP contribution in [0.15, 0.2) is 61.0 Å². The lowest BCUT2D eigenvalue weighted by Crippen LogP contribution is -2.48. The molecule has 0 saturated carbocycles. The minimum absolute atomic E-state index is 0.0844. The Hall–Kier alpha value is -2.14. The smallest absolute Gasteiger partial charge is 0.336 e. The Kier molecular flexibility index (Phi) is 5.75. The normalized spacial score (nSPS) is 16.2. The number of halogens is 3. The summed E-state index contributed by atoms with van der Waals surface area (Å²) in [5.74, 6) is -2.21. The van der Waals surface area contributed by atoms with Gasteiger partial charge in [0.1, 0.15) is 17.2 Å². The van der Waals surface area contributed by atoms with Crippen molar-refractivity contribution in [2.24, 2.45) is 0 Å². The van der Waals surface area contributed by atoms with Crippen molar-refractivity contribution in [3.8, 4) is 0 Å². The first kappa shape index (κ1) is 21.1. The monoisotopic (exact) mass is 498 g/mol. The molecule has 0 unspecified atom stereocenters. The fourth-order valence-corrected chi connectivity index (χ4v) is 5.43. The van der Waals surface area contributed by atoms with Crippen molar-refractivity contribution >= 4 is 36.9 Å². The second kappa shape index (κ2) is 8.18. The van der Waals surface area contributed by atoms with Crippen LogP contribution in [-0.2, 0) is 16.6 Å². The molecule has 2 aromatic carbocycles. The van der Waals surface area contributed by atoms with Crippen molar-refractivity contribution in [1.82, 2.24) is 9.21 Å². The van der Waals surface area contributed by atoms with Crippen LogP contribution in [0.2, 0.25) is 0 Å². The molecule has 3 aromatic rings. The topological polar surface area (TPSA) is 70.8 Å². The maximum atomic E-state index is 14.0. The molecule has 4 rings (SSSR count). The van der Waals surface area contributed by atoms with Gasteiger partial charge >= 0.3 is 5.63 Å². The van der Waals surface area contributed by atoms with E-state index in [2.05, 4.69) is 15.9 Å². The Morgan fingerprint density at radius 2 is 1.67 bits per heavy atom. The van der Waals surface area contributed by atoms with Gasteiger partial charge in [-0.1, -0.05) is 22.0 Å². The van der Waals surface area contributed by atoms with Crippen LogP contribution in [0.3, 0.4) is 0 Å². The zero-order valence-corrected chi connectivity index (χ0v) is 18.0. The molecular formula is C20H17BrF2N2O4S. The van der Waals surface area contributed by atoms with Gasteiger partial charge in [-0.15, -0.1) is 0 Å². The summed E-state index contributed by atoms with van der Waals surface area (Å²) < 4.78 is 60.5. The highest BCUT2D eigenvalue weighted by Crippen LogP contribution is 2.25. The van der Waals surface area contributed by atoms with Crippen molar-refractivity contribution < 1.29 is 21.6 Å². The summed E-state index contributed by atoms with van der Waals surface area (Å²) in [6.45, 7) is 1.30. The number of hydrogen-bond donors (Lipinski definition) is 0. The first-order chi connectivity index (χ1) is 14.3. The molecule has 0 spiro atoms. The molecule has 0 amide bonds. The van der Waals surface area contributed by atoms with E-state index < -0.39 is 32.2 Å². The van der Waals surface area contributed by atoms with Gasteiger partial charge in [-0.3, -0.25) is 4.90 Å². The lowest BCUT2D eigenvalue weighted by Gasteiger charge is -2.34. The highest BCUT2D eigenvalue weighted by molar-refractivity contribution is 9.10. The molecule has 1 aromatic heterocycles. The largest absolute Gasteiger partial charge is 0.423 e. The van der Waals surface area contributed by atoms with Gasteiger partial charge in [-0.2, -0.15) is 4.31 Å². The number of benzene rings is 2. The van der Waals surface area contributed by atoms with Crippen LogP contribution in [-0.4, -0.2) is 43.8 Å². The van der Waals surface area contributed by atoms with E-state index in [4.69, 9.17) is 4.42 Å². The average molecular weight is 499 g/mol. The molecule has 0 atom stereocenters. The van der Waals surface area contributed by atoms with Gasteiger partial charge in [-0.05, 0) is 35.9 Å². The minimum atomic E-state index is -4.28. The molecule has 1 aliphatic rings. The second-order valence-corrected chi connectivity index (χ2v) is 9.75. The molecule has 0 aliphatic carbocycles. The minimum Gasteiger partial charge on any atom is -0.423 e. The van der Waals surface area contributed by atoms with E-state index in [0.717, 1.165) is 37.9 Å². The molecule has 30 heavy (non-hydrogen) atoms. The number of sulfonamides is 1. The van der Waals surface area contributed by atoms with Crippen molar-refractivity contribution in [2.75, 3.05) is 26.2 Å². The molecule has 1 saturated heterocycles. The third-order valence-electron chi connectivity index (χ3n) is 5.03. The van der Waals surface area contributed by atoms with Crippen LogP contribution in [0.5, 0.6) is 0 Å². The Balaban J connectivity index is 1.52. The van der Waals surface area contributed by atoms with Crippen molar-refractivity contribution in [2.45, 2.75) is 11.4 Å². The summed E-state index contributed by atoms with van der Waals surface area (Å²) in [6.07, 6.45) is 0. The van der Waals surface area contributed by atoms with E-state index in [-0.39, 0.29) is 13.1 Å². The molecule has 158 valence electrons. The highest BCUT2D eigenvalue weighted by Gasteiger charge is 2.33. The van der Waals surface area contributed by atoms with Crippen LogP contribution in [0.4, 0.5) is 8.78 Å². The number of hydrogen-bond acceptors (Lipinski definition) is 5. The number of rotatable bonds is 4. The van der Waals surface area contributed by atoms with Crippen molar-refractivity contribution in [3.63, 3.8) is 0 Å². The molecule has 0 bridgehead atoms. The summed E-state index contributed by atoms with van der Waals surface area (Å²) >= 11 is 3.35. The summed E-state index contributed by atoms with van der Waals surface area (Å²) in [5.41, 5.74) is 0.764. The quantitative estimate of drug-likeness (QED) is 0.516. The Morgan fingerprint density at radius 1 is 1.00 bits per heavy atom. The molecule has 10 heteroatoms. The van der Waals surface area contributed by atoms with E-state index >= 15 is 0 Å². The van der Waals surface area contributed by atoms with E-state index in [1.54, 1.807) is 6.07 Å². The highest BCUT2D eigenvalue weighted by atomic mass is 79.9. The van der Waals surface area contributed by atoms with Gasteiger partial charge in [0.05, 0.1) is 0 Å². The van der Waals surface area contributed by atoms with E-state index in [1.807, 2.05) is 17.0 Å².